The number of hydrogen-bond donors (Lipinski definition) is 3. The average Bonchev–Trinajstić information content (AvgIpc) is 3.37. The SMILES string of the molecule is CCc1c([C@@H](NC(=O)c2cnc(-n3cccn3)[nH]c2=O)c2ccccc2)cccc1P(C)(=O)O. The predicted molar refractivity (Wildman–Crippen MR) is 129 cm³/mol. The summed E-state index contributed by atoms with van der Waals surface area (Å²) in [7, 11) is -3.55. The van der Waals surface area contributed by atoms with Gasteiger partial charge in [0.05, 0.1) is 6.04 Å². The van der Waals surface area contributed by atoms with Gasteiger partial charge in [-0.05, 0) is 35.2 Å². The summed E-state index contributed by atoms with van der Waals surface area (Å²) in [5.41, 5.74) is 1.38. The summed E-state index contributed by atoms with van der Waals surface area (Å²) in [4.78, 5) is 42.9. The lowest BCUT2D eigenvalue weighted by molar-refractivity contribution is 0.0941. The fourth-order valence-corrected chi connectivity index (χ4v) is 5.04. The van der Waals surface area contributed by atoms with Crippen molar-refractivity contribution in [2.24, 2.45) is 0 Å². The van der Waals surface area contributed by atoms with Gasteiger partial charge in [0.15, 0.2) is 0 Å². The van der Waals surface area contributed by atoms with E-state index in [1.54, 1.807) is 30.6 Å². The smallest absolute Gasteiger partial charge is 0.265 e. The number of aromatic nitrogens is 4. The van der Waals surface area contributed by atoms with Crippen LogP contribution in [0, 0.1) is 0 Å². The second-order valence-corrected chi connectivity index (χ2v) is 10.0. The highest BCUT2D eigenvalue weighted by atomic mass is 31.2. The first-order chi connectivity index (χ1) is 16.3. The molecule has 34 heavy (non-hydrogen) atoms. The van der Waals surface area contributed by atoms with Crippen LogP contribution in [-0.4, -0.2) is 37.2 Å². The third-order valence-electron chi connectivity index (χ3n) is 5.46. The molecule has 0 aliphatic rings. The number of carbonyl (C=O) groups is 1. The summed E-state index contributed by atoms with van der Waals surface area (Å²) in [6.07, 6.45) is 4.87. The van der Waals surface area contributed by atoms with Gasteiger partial charge in [-0.25, -0.2) is 9.67 Å². The number of hydrogen-bond acceptors (Lipinski definition) is 5. The van der Waals surface area contributed by atoms with Crippen LogP contribution in [0.1, 0.15) is 40.0 Å². The topological polar surface area (TPSA) is 130 Å². The van der Waals surface area contributed by atoms with Gasteiger partial charge in [-0.3, -0.25) is 19.1 Å². The first kappa shape index (κ1) is 23.4. The number of aromatic amines is 1. The molecule has 4 aromatic rings. The Bertz CT molecular complexity index is 1410. The van der Waals surface area contributed by atoms with Crippen molar-refractivity contribution in [1.29, 1.82) is 0 Å². The quantitative estimate of drug-likeness (QED) is 0.351. The lowest BCUT2D eigenvalue weighted by atomic mass is 9.93. The van der Waals surface area contributed by atoms with Gasteiger partial charge in [-0.15, -0.1) is 0 Å². The number of rotatable bonds is 7. The molecule has 0 fully saturated rings. The molecule has 0 saturated heterocycles. The molecule has 0 aliphatic heterocycles. The molecule has 0 radical (unpaired) electrons. The normalized spacial score (nSPS) is 13.7. The summed E-state index contributed by atoms with van der Waals surface area (Å²) in [6.45, 7) is 3.19. The Morgan fingerprint density at radius 2 is 1.94 bits per heavy atom. The Kier molecular flexibility index (Phi) is 6.58. The predicted octanol–water partition coefficient (Wildman–Crippen LogP) is 2.56. The first-order valence-corrected chi connectivity index (χ1v) is 12.8. The second kappa shape index (κ2) is 9.59. The molecule has 2 aromatic carbocycles. The van der Waals surface area contributed by atoms with Crippen LogP contribution in [0.15, 0.2) is 78.0 Å². The van der Waals surface area contributed by atoms with Crippen LogP contribution in [0.5, 0.6) is 0 Å². The van der Waals surface area contributed by atoms with Gasteiger partial charge < -0.3 is 10.2 Å². The zero-order chi connectivity index (χ0) is 24.3. The largest absolute Gasteiger partial charge is 0.341 e. The molecule has 0 saturated carbocycles. The molecule has 2 atom stereocenters. The van der Waals surface area contributed by atoms with E-state index in [4.69, 9.17) is 0 Å². The van der Waals surface area contributed by atoms with Gasteiger partial charge >= 0.3 is 0 Å². The van der Waals surface area contributed by atoms with Crippen molar-refractivity contribution in [1.82, 2.24) is 25.1 Å². The van der Waals surface area contributed by atoms with E-state index in [-0.39, 0.29) is 11.5 Å². The van der Waals surface area contributed by atoms with E-state index < -0.39 is 24.9 Å². The zero-order valence-electron chi connectivity index (χ0n) is 18.7. The number of nitrogens with one attached hydrogen (secondary N) is 2. The monoisotopic (exact) mass is 477 g/mol. The van der Waals surface area contributed by atoms with Crippen molar-refractivity contribution >= 4 is 18.6 Å². The van der Waals surface area contributed by atoms with Crippen LogP contribution in [0.3, 0.4) is 0 Å². The summed E-state index contributed by atoms with van der Waals surface area (Å²) >= 11 is 0. The highest BCUT2D eigenvalue weighted by Gasteiger charge is 2.26. The molecule has 174 valence electrons. The molecule has 3 N–H and O–H groups in total. The molecule has 2 heterocycles. The summed E-state index contributed by atoms with van der Waals surface area (Å²) < 4.78 is 13.9. The standard InChI is InChI=1S/C24H24N5O4P/c1-3-17-18(11-7-12-20(17)34(2,32)33)21(16-9-5-4-6-10-16)27-22(30)19-15-25-24(28-23(19)31)29-14-8-13-26-29/h4-15,21H,3H2,1-2H3,(H,27,30)(H,32,33)(H,25,28,31)/t21-/m0/s1. The summed E-state index contributed by atoms with van der Waals surface area (Å²) in [5, 5.41) is 7.29. The Labute approximate surface area is 196 Å². The van der Waals surface area contributed by atoms with E-state index >= 15 is 0 Å². The average molecular weight is 477 g/mol. The van der Waals surface area contributed by atoms with Crippen LogP contribution in [0.25, 0.3) is 5.95 Å². The number of H-pyrrole nitrogens is 1. The number of benzene rings is 2. The van der Waals surface area contributed by atoms with Crippen LogP contribution < -0.4 is 16.2 Å². The first-order valence-electron chi connectivity index (χ1n) is 10.7. The molecular weight excluding hydrogens is 453 g/mol. The van der Waals surface area contributed by atoms with E-state index in [0.29, 0.717) is 22.9 Å². The van der Waals surface area contributed by atoms with Crippen LogP contribution >= 0.6 is 7.37 Å². The van der Waals surface area contributed by atoms with Crippen molar-refractivity contribution in [2.45, 2.75) is 19.4 Å². The van der Waals surface area contributed by atoms with Crippen molar-refractivity contribution < 1.29 is 14.3 Å². The van der Waals surface area contributed by atoms with Crippen LogP contribution in [-0.2, 0) is 11.0 Å². The van der Waals surface area contributed by atoms with E-state index in [0.717, 1.165) is 5.56 Å². The molecule has 2 aromatic heterocycles. The summed E-state index contributed by atoms with van der Waals surface area (Å²) in [5.74, 6) is -0.431. The summed E-state index contributed by atoms with van der Waals surface area (Å²) in [6, 6.07) is 15.4. The van der Waals surface area contributed by atoms with Crippen molar-refractivity contribution in [2.75, 3.05) is 6.66 Å². The third kappa shape index (κ3) is 4.76. The molecule has 10 heteroatoms. The molecule has 0 spiro atoms. The van der Waals surface area contributed by atoms with Crippen molar-refractivity contribution in [3.8, 4) is 5.95 Å². The molecule has 1 amide bonds. The van der Waals surface area contributed by atoms with E-state index in [1.807, 2.05) is 43.3 Å². The van der Waals surface area contributed by atoms with Crippen molar-refractivity contribution in [3.05, 3.63) is 106 Å². The third-order valence-corrected chi connectivity index (χ3v) is 6.77. The Morgan fingerprint density at radius 3 is 2.56 bits per heavy atom. The second-order valence-electron chi connectivity index (χ2n) is 7.79. The Hall–Kier alpha value is -3.81. The van der Waals surface area contributed by atoms with Gasteiger partial charge in [0.2, 0.25) is 13.3 Å². The number of carbonyl (C=O) groups excluding carboxylic acids is 1. The van der Waals surface area contributed by atoms with Crippen molar-refractivity contribution in [3.63, 3.8) is 0 Å². The fourth-order valence-electron chi connectivity index (χ4n) is 3.89. The fraction of sp³-hybridized carbons (Fsp3) is 0.167. The molecule has 0 bridgehead atoms. The minimum Gasteiger partial charge on any atom is -0.341 e. The number of amides is 1. The maximum Gasteiger partial charge on any atom is 0.265 e. The Balaban J connectivity index is 1.76. The van der Waals surface area contributed by atoms with Crippen LogP contribution in [0.4, 0.5) is 0 Å². The van der Waals surface area contributed by atoms with Gasteiger partial charge in [0, 0.05) is 30.6 Å². The minimum atomic E-state index is -3.55. The van der Waals surface area contributed by atoms with E-state index in [9.17, 15) is 19.0 Å². The van der Waals surface area contributed by atoms with Gasteiger partial charge in [0.25, 0.3) is 11.5 Å². The molecule has 1 unspecified atom stereocenters. The lowest BCUT2D eigenvalue weighted by Gasteiger charge is -2.24. The van der Waals surface area contributed by atoms with Gasteiger partial charge in [-0.2, -0.15) is 5.10 Å². The molecular formula is C24H24N5O4P. The maximum atomic E-state index is 13.2. The molecule has 4 rings (SSSR count). The molecule has 9 nitrogen and oxygen atoms in total. The van der Waals surface area contributed by atoms with Crippen LogP contribution in [0.2, 0.25) is 0 Å². The minimum absolute atomic E-state index is 0.158. The highest BCUT2D eigenvalue weighted by Crippen LogP contribution is 2.38. The maximum absolute atomic E-state index is 13.2. The zero-order valence-corrected chi connectivity index (χ0v) is 19.6. The molecule has 0 aliphatic carbocycles. The van der Waals surface area contributed by atoms with Gasteiger partial charge in [0.1, 0.15) is 5.56 Å². The lowest BCUT2D eigenvalue weighted by Crippen LogP contribution is -2.35. The van der Waals surface area contributed by atoms with E-state index in [1.165, 1.54) is 17.5 Å². The highest BCUT2D eigenvalue weighted by molar-refractivity contribution is 7.65. The Morgan fingerprint density at radius 1 is 1.18 bits per heavy atom. The van der Waals surface area contributed by atoms with E-state index in [2.05, 4.69) is 20.4 Å². The van der Waals surface area contributed by atoms with Gasteiger partial charge in [-0.1, -0.05) is 49.4 Å². The number of nitrogens with zero attached hydrogens (tertiary/aromatic N) is 3.